The van der Waals surface area contributed by atoms with Crippen molar-refractivity contribution in [3.8, 4) is 11.5 Å². The first-order chi connectivity index (χ1) is 12.2. The van der Waals surface area contributed by atoms with E-state index in [2.05, 4.69) is 22.8 Å². The Labute approximate surface area is 160 Å². The lowest BCUT2D eigenvalue weighted by atomic mass is 9.73. The summed E-state index contributed by atoms with van der Waals surface area (Å²) in [5.74, 6) is 2.24. The molecule has 0 bridgehead atoms. The van der Waals surface area contributed by atoms with Crippen LogP contribution in [-0.4, -0.2) is 45.5 Å². The smallest absolute Gasteiger partial charge is 0.231 e. The Morgan fingerprint density at radius 3 is 2.69 bits per heavy atom. The number of amides is 1. The van der Waals surface area contributed by atoms with Crippen molar-refractivity contribution in [3.05, 3.63) is 23.8 Å². The lowest BCUT2D eigenvalue weighted by Gasteiger charge is -2.39. The highest BCUT2D eigenvalue weighted by atomic mass is 35.5. The zero-order chi connectivity index (χ0) is 17.3. The molecule has 3 aliphatic rings. The summed E-state index contributed by atoms with van der Waals surface area (Å²) in [6.45, 7) is 6.25. The molecule has 0 saturated carbocycles. The van der Waals surface area contributed by atoms with Gasteiger partial charge in [0.05, 0.1) is 0 Å². The van der Waals surface area contributed by atoms with Gasteiger partial charge in [-0.25, -0.2) is 0 Å². The topological polar surface area (TPSA) is 68.8 Å². The quantitative estimate of drug-likeness (QED) is 0.813. The normalized spacial score (nSPS) is 22.0. The first-order valence-corrected chi connectivity index (χ1v) is 9.14. The van der Waals surface area contributed by atoms with Crippen LogP contribution in [0, 0.1) is 11.8 Å². The number of ether oxygens (including phenoxy) is 3. The number of rotatable bonds is 5. The third-order valence-corrected chi connectivity index (χ3v) is 5.97. The fraction of sp³-hybridized carbons (Fsp3) is 0.632. The lowest BCUT2D eigenvalue weighted by molar-refractivity contribution is -0.127. The fourth-order valence-electron chi connectivity index (χ4n) is 3.85. The molecule has 26 heavy (non-hydrogen) atoms. The molecule has 1 aromatic carbocycles. The van der Waals surface area contributed by atoms with Crippen LogP contribution in [-0.2, 0) is 14.9 Å². The molecule has 7 heteroatoms. The van der Waals surface area contributed by atoms with Crippen molar-refractivity contribution in [1.29, 1.82) is 0 Å². The molecule has 1 amide bonds. The number of fused-ring (bicyclic) bond motifs is 1. The molecular formula is C19H27ClN2O4. The number of hydrogen-bond donors (Lipinski definition) is 2. The van der Waals surface area contributed by atoms with Crippen molar-refractivity contribution in [2.75, 3.05) is 39.6 Å². The van der Waals surface area contributed by atoms with Gasteiger partial charge in [0.25, 0.3) is 0 Å². The van der Waals surface area contributed by atoms with Gasteiger partial charge in [0, 0.05) is 31.1 Å². The van der Waals surface area contributed by atoms with E-state index in [1.807, 2.05) is 13.0 Å². The van der Waals surface area contributed by atoms with Gasteiger partial charge in [-0.2, -0.15) is 0 Å². The zero-order valence-electron chi connectivity index (χ0n) is 15.1. The number of carbonyl (C=O) groups excluding carboxylic acids is 1. The lowest BCUT2D eigenvalue weighted by Crippen LogP contribution is -2.51. The van der Waals surface area contributed by atoms with Gasteiger partial charge in [0.2, 0.25) is 12.7 Å². The van der Waals surface area contributed by atoms with E-state index in [0.29, 0.717) is 25.7 Å². The van der Waals surface area contributed by atoms with Gasteiger partial charge >= 0.3 is 0 Å². The summed E-state index contributed by atoms with van der Waals surface area (Å²) < 4.78 is 16.6. The minimum atomic E-state index is -0.105. The van der Waals surface area contributed by atoms with Crippen LogP contribution in [0.25, 0.3) is 0 Å². The molecule has 3 aliphatic heterocycles. The Hall–Kier alpha value is -1.50. The van der Waals surface area contributed by atoms with E-state index in [1.54, 1.807) is 0 Å². The van der Waals surface area contributed by atoms with Gasteiger partial charge in [-0.15, -0.1) is 12.4 Å². The molecule has 0 aliphatic carbocycles. The van der Waals surface area contributed by atoms with Gasteiger partial charge < -0.3 is 24.8 Å². The maximum atomic E-state index is 12.6. The molecule has 1 unspecified atom stereocenters. The number of benzene rings is 1. The largest absolute Gasteiger partial charge is 0.454 e. The average molecular weight is 383 g/mol. The van der Waals surface area contributed by atoms with Crippen LogP contribution in [0.4, 0.5) is 0 Å². The second-order valence-electron chi connectivity index (χ2n) is 7.39. The Balaban J connectivity index is 0.00000196. The third-order valence-electron chi connectivity index (χ3n) is 5.97. The monoisotopic (exact) mass is 382 g/mol. The maximum Gasteiger partial charge on any atom is 0.231 e. The van der Waals surface area contributed by atoms with Gasteiger partial charge in [-0.05, 0) is 49.5 Å². The van der Waals surface area contributed by atoms with Gasteiger partial charge in [0.1, 0.15) is 0 Å². The van der Waals surface area contributed by atoms with Crippen LogP contribution in [0.15, 0.2) is 18.2 Å². The second-order valence-corrected chi connectivity index (χ2v) is 7.39. The van der Waals surface area contributed by atoms with Crippen molar-refractivity contribution >= 4 is 18.3 Å². The summed E-state index contributed by atoms with van der Waals surface area (Å²) in [6.07, 6.45) is 1.79. The van der Waals surface area contributed by atoms with Crippen LogP contribution >= 0.6 is 12.4 Å². The first-order valence-electron chi connectivity index (χ1n) is 9.14. The molecule has 0 radical (unpaired) electrons. The SMILES string of the molecule is CC(C(=O)NCC1(c2ccc3c(c2)OCO3)CCOCC1)C1CNC1.Cl. The number of halogens is 1. The Morgan fingerprint density at radius 2 is 2.00 bits per heavy atom. The van der Waals surface area contributed by atoms with Crippen molar-refractivity contribution < 1.29 is 19.0 Å². The van der Waals surface area contributed by atoms with Crippen molar-refractivity contribution in [3.63, 3.8) is 0 Å². The highest BCUT2D eigenvalue weighted by molar-refractivity contribution is 5.85. The number of carbonyl (C=O) groups is 1. The highest BCUT2D eigenvalue weighted by Gasteiger charge is 2.37. The molecular weight excluding hydrogens is 356 g/mol. The minimum absolute atomic E-state index is 0. The molecule has 2 saturated heterocycles. The van der Waals surface area contributed by atoms with Crippen LogP contribution in [0.1, 0.15) is 25.3 Å². The highest BCUT2D eigenvalue weighted by Crippen LogP contribution is 2.40. The average Bonchev–Trinajstić information content (AvgIpc) is 3.06. The third kappa shape index (κ3) is 3.63. The zero-order valence-corrected chi connectivity index (χ0v) is 15.9. The molecule has 1 aromatic rings. The van der Waals surface area contributed by atoms with Crippen molar-refractivity contribution in [2.45, 2.75) is 25.2 Å². The summed E-state index contributed by atoms with van der Waals surface area (Å²) in [6, 6.07) is 6.14. The molecule has 6 nitrogen and oxygen atoms in total. The fourth-order valence-corrected chi connectivity index (χ4v) is 3.85. The van der Waals surface area contributed by atoms with Gasteiger partial charge in [-0.1, -0.05) is 13.0 Å². The molecule has 144 valence electrons. The summed E-state index contributed by atoms with van der Waals surface area (Å²) in [7, 11) is 0. The Morgan fingerprint density at radius 1 is 1.27 bits per heavy atom. The molecule has 2 fully saturated rings. The van der Waals surface area contributed by atoms with E-state index in [0.717, 1.165) is 37.4 Å². The minimum Gasteiger partial charge on any atom is -0.454 e. The van der Waals surface area contributed by atoms with Crippen LogP contribution in [0.5, 0.6) is 11.5 Å². The first kappa shape index (κ1) is 19.3. The van der Waals surface area contributed by atoms with E-state index < -0.39 is 0 Å². The van der Waals surface area contributed by atoms with Crippen LogP contribution in [0.2, 0.25) is 0 Å². The van der Waals surface area contributed by atoms with E-state index in [1.165, 1.54) is 5.56 Å². The molecule has 4 rings (SSSR count). The standard InChI is InChI=1S/C19H26N2O4.ClH/c1-13(14-9-20-10-14)18(22)21-11-19(4-6-23-7-5-19)15-2-3-16-17(8-15)25-12-24-16;/h2-3,8,13-14,20H,4-7,9-12H2,1H3,(H,21,22);1H. The Bertz CT molecular complexity index is 644. The van der Waals surface area contributed by atoms with E-state index in [-0.39, 0.29) is 36.4 Å². The van der Waals surface area contributed by atoms with Crippen LogP contribution in [0.3, 0.4) is 0 Å². The summed E-state index contributed by atoms with van der Waals surface area (Å²) in [4.78, 5) is 12.6. The second kappa shape index (κ2) is 8.03. The van der Waals surface area contributed by atoms with E-state index >= 15 is 0 Å². The van der Waals surface area contributed by atoms with Crippen LogP contribution < -0.4 is 20.1 Å². The number of nitrogens with one attached hydrogen (secondary N) is 2. The molecule has 3 heterocycles. The predicted octanol–water partition coefficient (Wildman–Crippen LogP) is 1.86. The predicted molar refractivity (Wildman–Crippen MR) is 100 cm³/mol. The summed E-state index contributed by atoms with van der Waals surface area (Å²) in [5, 5.41) is 6.45. The van der Waals surface area contributed by atoms with E-state index in [9.17, 15) is 4.79 Å². The molecule has 0 spiro atoms. The van der Waals surface area contributed by atoms with Crippen molar-refractivity contribution in [2.24, 2.45) is 11.8 Å². The molecule has 0 aromatic heterocycles. The van der Waals surface area contributed by atoms with Gasteiger partial charge in [0.15, 0.2) is 11.5 Å². The Kier molecular flexibility index (Phi) is 5.95. The van der Waals surface area contributed by atoms with Gasteiger partial charge in [-0.3, -0.25) is 4.79 Å². The van der Waals surface area contributed by atoms with E-state index in [4.69, 9.17) is 14.2 Å². The summed E-state index contributed by atoms with van der Waals surface area (Å²) in [5.41, 5.74) is 1.09. The molecule has 1 atom stereocenters. The van der Waals surface area contributed by atoms with Crippen molar-refractivity contribution in [1.82, 2.24) is 10.6 Å². The molecule has 2 N–H and O–H groups in total. The number of hydrogen-bond acceptors (Lipinski definition) is 5. The summed E-state index contributed by atoms with van der Waals surface area (Å²) >= 11 is 0. The maximum absolute atomic E-state index is 12.6.